The molecule has 3 aromatic rings. The van der Waals surface area contributed by atoms with E-state index in [4.69, 9.17) is 0 Å². The predicted molar refractivity (Wildman–Crippen MR) is 129 cm³/mol. The van der Waals surface area contributed by atoms with Gasteiger partial charge in [0, 0.05) is 41.5 Å². The average molecular weight is 416 g/mol. The van der Waals surface area contributed by atoms with Crippen LogP contribution in [0.5, 0.6) is 0 Å². The predicted octanol–water partition coefficient (Wildman–Crippen LogP) is 4.95. The molecule has 5 nitrogen and oxygen atoms in total. The van der Waals surface area contributed by atoms with E-state index >= 15 is 0 Å². The van der Waals surface area contributed by atoms with Crippen molar-refractivity contribution in [2.75, 3.05) is 43.4 Å². The molecule has 2 fully saturated rings. The third kappa shape index (κ3) is 3.76. The summed E-state index contributed by atoms with van der Waals surface area (Å²) < 4.78 is 0. The van der Waals surface area contributed by atoms with Gasteiger partial charge in [-0.3, -0.25) is 0 Å². The monoisotopic (exact) mass is 415 g/mol. The number of aryl methyl sites for hydroxylation is 1. The van der Waals surface area contributed by atoms with E-state index in [1.54, 1.807) is 0 Å². The minimum atomic E-state index is 0.160. The standard InChI is InChI=1S/C26H33N5/c1-18-6-5-7-23(19(18)2)20(3)28-25-24-14-22(9-8-21(24)15-27-29-25)31-13-11-26(17-31)10-12-30(4)16-26/h5-9,14-15,20H,10-13,16-17H2,1-4H3,(H,28,29)/t20-,26?/m1/s1. The summed E-state index contributed by atoms with van der Waals surface area (Å²) in [6.07, 6.45) is 4.47. The van der Waals surface area contributed by atoms with E-state index in [1.165, 1.54) is 48.3 Å². The van der Waals surface area contributed by atoms with Crippen LogP contribution in [0.15, 0.2) is 42.6 Å². The normalized spacial score (nSPS) is 22.5. The fourth-order valence-electron chi connectivity index (χ4n) is 5.54. The molecule has 2 aliphatic rings. The van der Waals surface area contributed by atoms with Crippen molar-refractivity contribution in [3.63, 3.8) is 0 Å². The molecular formula is C26H33N5. The van der Waals surface area contributed by atoms with Gasteiger partial charge in [0.15, 0.2) is 5.82 Å². The smallest absolute Gasteiger partial charge is 0.157 e. The van der Waals surface area contributed by atoms with Gasteiger partial charge in [-0.05, 0) is 76.0 Å². The van der Waals surface area contributed by atoms with Crippen molar-refractivity contribution >= 4 is 22.3 Å². The summed E-state index contributed by atoms with van der Waals surface area (Å²) in [6, 6.07) is 13.4. The quantitative estimate of drug-likeness (QED) is 0.653. The molecule has 0 bridgehead atoms. The number of anilines is 2. The van der Waals surface area contributed by atoms with E-state index < -0.39 is 0 Å². The van der Waals surface area contributed by atoms with Crippen LogP contribution >= 0.6 is 0 Å². The summed E-state index contributed by atoms with van der Waals surface area (Å²) in [5.41, 5.74) is 5.73. The highest BCUT2D eigenvalue weighted by molar-refractivity contribution is 5.93. The van der Waals surface area contributed by atoms with Crippen LogP contribution in [0.3, 0.4) is 0 Å². The molecule has 3 heterocycles. The van der Waals surface area contributed by atoms with Gasteiger partial charge in [0.25, 0.3) is 0 Å². The van der Waals surface area contributed by atoms with Crippen LogP contribution in [-0.4, -0.2) is 48.3 Å². The summed E-state index contributed by atoms with van der Waals surface area (Å²) in [5.74, 6) is 0.863. The summed E-state index contributed by atoms with van der Waals surface area (Å²) in [5, 5.41) is 14.7. The summed E-state index contributed by atoms with van der Waals surface area (Å²) in [7, 11) is 2.25. The Balaban J connectivity index is 1.43. The van der Waals surface area contributed by atoms with Crippen LogP contribution in [0.25, 0.3) is 10.8 Å². The molecule has 0 aliphatic carbocycles. The van der Waals surface area contributed by atoms with Crippen molar-refractivity contribution in [1.82, 2.24) is 15.1 Å². The Morgan fingerprint density at radius 2 is 1.90 bits per heavy atom. The van der Waals surface area contributed by atoms with Gasteiger partial charge < -0.3 is 15.1 Å². The van der Waals surface area contributed by atoms with Gasteiger partial charge >= 0.3 is 0 Å². The van der Waals surface area contributed by atoms with Gasteiger partial charge in [0.2, 0.25) is 0 Å². The first-order chi connectivity index (χ1) is 14.9. The van der Waals surface area contributed by atoms with Crippen molar-refractivity contribution in [1.29, 1.82) is 0 Å². The van der Waals surface area contributed by atoms with Crippen LogP contribution < -0.4 is 10.2 Å². The van der Waals surface area contributed by atoms with Crippen LogP contribution in [0.2, 0.25) is 0 Å². The minimum absolute atomic E-state index is 0.160. The fraction of sp³-hybridized carbons (Fsp3) is 0.462. The first kappa shape index (κ1) is 20.3. The molecular weight excluding hydrogens is 382 g/mol. The number of aromatic nitrogens is 2. The highest BCUT2D eigenvalue weighted by atomic mass is 15.2. The van der Waals surface area contributed by atoms with Crippen LogP contribution in [0.4, 0.5) is 11.5 Å². The number of nitrogens with one attached hydrogen (secondary N) is 1. The van der Waals surface area contributed by atoms with E-state index in [-0.39, 0.29) is 6.04 Å². The Hall–Kier alpha value is -2.66. The molecule has 31 heavy (non-hydrogen) atoms. The van der Waals surface area contributed by atoms with E-state index in [9.17, 15) is 0 Å². The molecule has 0 radical (unpaired) electrons. The lowest BCUT2D eigenvalue weighted by atomic mass is 9.86. The molecule has 5 heteroatoms. The van der Waals surface area contributed by atoms with Crippen molar-refractivity contribution < 1.29 is 0 Å². The maximum atomic E-state index is 4.49. The Labute approximate surface area is 185 Å². The first-order valence-corrected chi connectivity index (χ1v) is 11.5. The Bertz CT molecular complexity index is 1110. The molecule has 2 aliphatic heterocycles. The number of likely N-dealkylation sites (tertiary alicyclic amines) is 1. The largest absolute Gasteiger partial charge is 0.371 e. The molecule has 162 valence electrons. The van der Waals surface area contributed by atoms with Crippen LogP contribution in [-0.2, 0) is 0 Å². The number of hydrogen-bond acceptors (Lipinski definition) is 5. The molecule has 2 aromatic carbocycles. The fourth-order valence-corrected chi connectivity index (χ4v) is 5.54. The van der Waals surface area contributed by atoms with E-state index in [1.807, 2.05) is 6.20 Å². The second kappa shape index (κ2) is 7.79. The van der Waals surface area contributed by atoms with Gasteiger partial charge in [-0.25, -0.2) is 0 Å². The molecule has 1 unspecified atom stereocenters. The highest BCUT2D eigenvalue weighted by Crippen LogP contribution is 2.41. The Morgan fingerprint density at radius 3 is 2.71 bits per heavy atom. The van der Waals surface area contributed by atoms with Crippen LogP contribution in [0, 0.1) is 19.3 Å². The summed E-state index contributed by atoms with van der Waals surface area (Å²) in [6.45, 7) is 11.3. The Morgan fingerprint density at radius 1 is 1.06 bits per heavy atom. The van der Waals surface area contributed by atoms with Gasteiger partial charge in [-0.15, -0.1) is 5.10 Å². The van der Waals surface area contributed by atoms with Crippen molar-refractivity contribution in [2.24, 2.45) is 5.41 Å². The zero-order valence-electron chi connectivity index (χ0n) is 19.2. The van der Waals surface area contributed by atoms with E-state index in [0.29, 0.717) is 5.41 Å². The lowest BCUT2D eigenvalue weighted by Crippen LogP contribution is -2.29. The third-order valence-electron chi connectivity index (χ3n) is 7.55. The molecule has 1 aromatic heterocycles. The van der Waals surface area contributed by atoms with E-state index in [0.717, 1.165) is 29.7 Å². The third-order valence-corrected chi connectivity index (χ3v) is 7.55. The molecule has 5 rings (SSSR count). The zero-order valence-corrected chi connectivity index (χ0v) is 19.2. The second-order valence-electron chi connectivity index (χ2n) is 9.78. The summed E-state index contributed by atoms with van der Waals surface area (Å²) >= 11 is 0. The zero-order chi connectivity index (χ0) is 21.6. The second-order valence-corrected chi connectivity index (χ2v) is 9.78. The molecule has 1 N–H and O–H groups in total. The maximum Gasteiger partial charge on any atom is 0.157 e. The summed E-state index contributed by atoms with van der Waals surface area (Å²) in [4.78, 5) is 5.05. The van der Waals surface area contributed by atoms with Gasteiger partial charge in [0.05, 0.1) is 12.2 Å². The van der Waals surface area contributed by atoms with Gasteiger partial charge in [0.1, 0.15) is 0 Å². The first-order valence-electron chi connectivity index (χ1n) is 11.5. The lowest BCUT2D eigenvalue weighted by molar-refractivity contribution is 0.312. The van der Waals surface area contributed by atoms with E-state index in [2.05, 4.69) is 89.5 Å². The number of nitrogens with zero attached hydrogens (tertiary/aromatic N) is 4. The number of fused-ring (bicyclic) bond motifs is 1. The average Bonchev–Trinajstić information content (AvgIpc) is 3.35. The lowest BCUT2D eigenvalue weighted by Gasteiger charge is -2.25. The van der Waals surface area contributed by atoms with Crippen molar-refractivity contribution in [2.45, 2.75) is 39.7 Å². The maximum absolute atomic E-state index is 4.49. The molecule has 1 spiro atoms. The minimum Gasteiger partial charge on any atom is -0.371 e. The highest BCUT2D eigenvalue weighted by Gasteiger charge is 2.42. The molecule has 2 saturated heterocycles. The van der Waals surface area contributed by atoms with Gasteiger partial charge in [-0.2, -0.15) is 5.10 Å². The SMILES string of the molecule is Cc1cccc([C@@H](C)Nc2nncc3ccc(N4CCC5(CCN(C)C5)C4)cc23)c1C. The van der Waals surface area contributed by atoms with Crippen LogP contribution in [0.1, 0.15) is 42.5 Å². The van der Waals surface area contributed by atoms with Gasteiger partial charge in [-0.1, -0.05) is 24.3 Å². The van der Waals surface area contributed by atoms with Crippen molar-refractivity contribution in [3.05, 3.63) is 59.3 Å². The molecule has 2 atom stereocenters. The topological polar surface area (TPSA) is 44.3 Å². The molecule has 0 saturated carbocycles. The molecule has 0 amide bonds. The van der Waals surface area contributed by atoms with Crippen molar-refractivity contribution in [3.8, 4) is 0 Å². The Kier molecular flexibility index (Phi) is 5.09. The number of benzene rings is 2. The number of rotatable bonds is 4. The number of hydrogen-bond donors (Lipinski definition) is 1.